The van der Waals surface area contributed by atoms with Gasteiger partial charge in [-0.1, -0.05) is 12.1 Å². The predicted molar refractivity (Wildman–Crippen MR) is 65.5 cm³/mol. The molecule has 82 valence electrons. The predicted octanol–water partition coefficient (Wildman–Crippen LogP) is 1.79. The molecule has 0 N–H and O–H groups in total. The third-order valence-corrected chi connectivity index (χ3v) is 2.98. The SMILES string of the molecule is N#CCc1ccc(N2CC(S)CC2=O)cc1. The van der Waals surface area contributed by atoms with Crippen LogP contribution in [0.15, 0.2) is 24.3 Å². The smallest absolute Gasteiger partial charge is 0.228 e. The van der Waals surface area contributed by atoms with E-state index in [2.05, 4.69) is 18.7 Å². The van der Waals surface area contributed by atoms with E-state index in [4.69, 9.17) is 5.26 Å². The molecule has 0 aliphatic carbocycles. The normalized spacial score (nSPS) is 19.9. The average molecular weight is 232 g/mol. The Labute approximate surface area is 100 Å². The zero-order valence-corrected chi connectivity index (χ0v) is 9.65. The first-order chi connectivity index (χ1) is 7.70. The summed E-state index contributed by atoms with van der Waals surface area (Å²) in [6, 6.07) is 9.64. The van der Waals surface area contributed by atoms with Gasteiger partial charge in [0.1, 0.15) is 0 Å². The molecule has 0 aromatic heterocycles. The number of carbonyl (C=O) groups excluding carboxylic acids is 1. The molecule has 1 heterocycles. The van der Waals surface area contributed by atoms with Crippen LogP contribution in [0.1, 0.15) is 12.0 Å². The van der Waals surface area contributed by atoms with Gasteiger partial charge in [0.15, 0.2) is 0 Å². The van der Waals surface area contributed by atoms with E-state index < -0.39 is 0 Å². The standard InChI is InChI=1S/C12H12N2OS/c13-6-5-9-1-3-10(4-2-9)14-8-11(16)7-12(14)15/h1-4,11,16H,5,7-8H2. The van der Waals surface area contributed by atoms with Crippen LogP contribution in [-0.2, 0) is 11.2 Å². The minimum absolute atomic E-state index is 0.119. The molecule has 1 aliphatic rings. The highest BCUT2D eigenvalue weighted by molar-refractivity contribution is 7.81. The molecule has 2 rings (SSSR count). The lowest BCUT2D eigenvalue weighted by molar-refractivity contribution is -0.117. The van der Waals surface area contributed by atoms with Crippen molar-refractivity contribution in [3.8, 4) is 6.07 Å². The molecule has 1 aromatic rings. The van der Waals surface area contributed by atoms with E-state index in [1.165, 1.54) is 0 Å². The summed E-state index contributed by atoms with van der Waals surface area (Å²) >= 11 is 4.31. The molecule has 1 atom stereocenters. The van der Waals surface area contributed by atoms with Crippen molar-refractivity contribution < 1.29 is 4.79 Å². The van der Waals surface area contributed by atoms with Crippen LogP contribution in [-0.4, -0.2) is 17.7 Å². The van der Waals surface area contributed by atoms with E-state index in [0.717, 1.165) is 11.3 Å². The van der Waals surface area contributed by atoms with E-state index in [-0.39, 0.29) is 11.2 Å². The topological polar surface area (TPSA) is 44.1 Å². The lowest BCUT2D eigenvalue weighted by Crippen LogP contribution is -2.24. The van der Waals surface area contributed by atoms with Gasteiger partial charge in [0, 0.05) is 23.9 Å². The molecule has 0 spiro atoms. The van der Waals surface area contributed by atoms with E-state index in [1.54, 1.807) is 4.90 Å². The Morgan fingerprint density at radius 1 is 1.44 bits per heavy atom. The summed E-state index contributed by atoms with van der Waals surface area (Å²) in [5, 5.41) is 8.68. The molecule has 1 unspecified atom stereocenters. The third kappa shape index (κ3) is 2.20. The summed E-state index contributed by atoms with van der Waals surface area (Å²) in [5.41, 5.74) is 1.86. The highest BCUT2D eigenvalue weighted by atomic mass is 32.1. The van der Waals surface area contributed by atoms with Crippen LogP contribution < -0.4 is 4.90 Å². The van der Waals surface area contributed by atoms with E-state index >= 15 is 0 Å². The van der Waals surface area contributed by atoms with Crippen molar-refractivity contribution in [2.75, 3.05) is 11.4 Å². The molecular formula is C12H12N2OS. The molecule has 1 saturated heterocycles. The molecule has 16 heavy (non-hydrogen) atoms. The minimum Gasteiger partial charge on any atom is -0.311 e. The molecular weight excluding hydrogens is 220 g/mol. The van der Waals surface area contributed by atoms with Crippen LogP contribution in [0, 0.1) is 11.3 Å². The van der Waals surface area contributed by atoms with Gasteiger partial charge in [-0.15, -0.1) is 0 Å². The third-order valence-electron chi connectivity index (χ3n) is 2.64. The number of hydrogen-bond acceptors (Lipinski definition) is 3. The van der Waals surface area contributed by atoms with Gasteiger partial charge in [-0.3, -0.25) is 4.79 Å². The lowest BCUT2D eigenvalue weighted by atomic mass is 10.1. The second-order valence-electron chi connectivity index (χ2n) is 3.86. The number of rotatable bonds is 2. The summed E-state index contributed by atoms with van der Waals surface area (Å²) in [7, 11) is 0. The largest absolute Gasteiger partial charge is 0.311 e. The maximum absolute atomic E-state index is 11.6. The van der Waals surface area contributed by atoms with Gasteiger partial charge in [0.25, 0.3) is 0 Å². The fraction of sp³-hybridized carbons (Fsp3) is 0.333. The highest BCUT2D eigenvalue weighted by Crippen LogP contribution is 2.24. The van der Waals surface area contributed by atoms with E-state index in [0.29, 0.717) is 19.4 Å². The number of hydrogen-bond donors (Lipinski definition) is 1. The summed E-state index contributed by atoms with van der Waals surface area (Å²) < 4.78 is 0. The van der Waals surface area contributed by atoms with Crippen molar-refractivity contribution in [2.45, 2.75) is 18.1 Å². The molecule has 3 nitrogen and oxygen atoms in total. The van der Waals surface area contributed by atoms with Crippen molar-refractivity contribution in [1.82, 2.24) is 0 Å². The number of nitriles is 1. The number of nitrogens with zero attached hydrogens (tertiary/aromatic N) is 2. The van der Waals surface area contributed by atoms with Crippen LogP contribution in [0.2, 0.25) is 0 Å². The first-order valence-corrected chi connectivity index (χ1v) is 5.66. The molecule has 0 radical (unpaired) electrons. The number of carbonyl (C=O) groups is 1. The number of thiol groups is 1. The Bertz CT molecular complexity index is 435. The van der Waals surface area contributed by atoms with Crippen LogP contribution in [0.3, 0.4) is 0 Å². The fourth-order valence-electron chi connectivity index (χ4n) is 1.82. The van der Waals surface area contributed by atoms with Gasteiger partial charge in [-0.2, -0.15) is 17.9 Å². The van der Waals surface area contributed by atoms with Crippen molar-refractivity contribution in [3.05, 3.63) is 29.8 Å². The van der Waals surface area contributed by atoms with Gasteiger partial charge in [-0.05, 0) is 17.7 Å². The Balaban J connectivity index is 2.16. The summed E-state index contributed by atoms with van der Waals surface area (Å²) in [6.07, 6.45) is 0.909. The Kier molecular flexibility index (Phi) is 3.16. The first-order valence-electron chi connectivity index (χ1n) is 5.15. The average Bonchev–Trinajstić information content (AvgIpc) is 2.59. The van der Waals surface area contributed by atoms with Crippen LogP contribution in [0.25, 0.3) is 0 Å². The van der Waals surface area contributed by atoms with E-state index in [9.17, 15) is 4.79 Å². The van der Waals surface area contributed by atoms with Crippen LogP contribution in [0.5, 0.6) is 0 Å². The maximum Gasteiger partial charge on any atom is 0.228 e. The van der Waals surface area contributed by atoms with Gasteiger partial charge < -0.3 is 4.90 Å². The van der Waals surface area contributed by atoms with Gasteiger partial charge >= 0.3 is 0 Å². The Morgan fingerprint density at radius 2 is 2.12 bits per heavy atom. The molecule has 0 bridgehead atoms. The van der Waals surface area contributed by atoms with Crippen molar-refractivity contribution in [3.63, 3.8) is 0 Å². The quantitative estimate of drug-likeness (QED) is 0.790. The van der Waals surface area contributed by atoms with Crippen molar-refractivity contribution in [1.29, 1.82) is 5.26 Å². The molecule has 1 fully saturated rings. The zero-order valence-electron chi connectivity index (χ0n) is 8.76. The number of anilines is 1. The second-order valence-corrected chi connectivity index (χ2v) is 4.59. The molecule has 4 heteroatoms. The first kappa shape index (κ1) is 11.0. The fourth-order valence-corrected chi connectivity index (χ4v) is 2.14. The molecule has 0 saturated carbocycles. The summed E-state index contributed by atoms with van der Waals surface area (Å²) in [5.74, 6) is 0.119. The van der Waals surface area contributed by atoms with Crippen LogP contribution >= 0.6 is 12.6 Å². The molecule has 1 aromatic carbocycles. The van der Waals surface area contributed by atoms with Crippen LogP contribution in [0.4, 0.5) is 5.69 Å². The van der Waals surface area contributed by atoms with Crippen molar-refractivity contribution in [2.24, 2.45) is 0 Å². The summed E-state index contributed by atoms with van der Waals surface area (Å²) in [4.78, 5) is 13.4. The van der Waals surface area contributed by atoms with E-state index in [1.807, 2.05) is 24.3 Å². The number of benzene rings is 1. The Hall–Kier alpha value is -1.47. The summed E-state index contributed by atoms with van der Waals surface area (Å²) in [6.45, 7) is 0.666. The van der Waals surface area contributed by atoms with Gasteiger partial charge in [0.05, 0.1) is 12.5 Å². The Morgan fingerprint density at radius 3 is 2.62 bits per heavy atom. The number of amides is 1. The monoisotopic (exact) mass is 232 g/mol. The van der Waals surface area contributed by atoms with Gasteiger partial charge in [-0.25, -0.2) is 0 Å². The zero-order chi connectivity index (χ0) is 11.5. The van der Waals surface area contributed by atoms with Crippen molar-refractivity contribution >= 4 is 24.2 Å². The second kappa shape index (κ2) is 4.58. The molecule has 1 amide bonds. The highest BCUT2D eigenvalue weighted by Gasteiger charge is 2.27. The minimum atomic E-state index is 0.119. The van der Waals surface area contributed by atoms with Gasteiger partial charge in [0.2, 0.25) is 5.91 Å². The maximum atomic E-state index is 11.6. The molecule has 1 aliphatic heterocycles. The lowest BCUT2D eigenvalue weighted by Gasteiger charge is -2.16.